The molecule has 0 atom stereocenters. The number of carbonyl (C=O) groups excluding carboxylic acids is 1. The minimum Gasteiger partial charge on any atom is -0.496 e. The molecule has 0 saturated carbocycles. The zero-order chi connectivity index (χ0) is 18.6. The molecule has 0 radical (unpaired) electrons. The van der Waals surface area contributed by atoms with Crippen LogP contribution in [0.3, 0.4) is 0 Å². The number of aryl methyl sites for hydroxylation is 2. The molecule has 0 bridgehead atoms. The van der Waals surface area contributed by atoms with E-state index in [0.717, 1.165) is 53.9 Å². The van der Waals surface area contributed by atoms with Gasteiger partial charge in [-0.2, -0.15) is 0 Å². The van der Waals surface area contributed by atoms with E-state index < -0.39 is 5.60 Å². The zero-order valence-electron chi connectivity index (χ0n) is 15.8. The molecule has 26 heavy (non-hydrogen) atoms. The number of carbonyl (C=O) groups is 1. The Morgan fingerprint density at radius 1 is 1.08 bits per heavy atom. The fourth-order valence-electron chi connectivity index (χ4n) is 3.91. The third-order valence-electron chi connectivity index (χ3n) is 5.09. The summed E-state index contributed by atoms with van der Waals surface area (Å²) in [7, 11) is 1.67. The summed E-state index contributed by atoms with van der Waals surface area (Å²) < 4.78 is 11.5. The summed E-state index contributed by atoms with van der Waals surface area (Å²) in [6.45, 7) is 5.70. The van der Waals surface area contributed by atoms with Crippen LogP contribution < -0.4 is 10.1 Å². The van der Waals surface area contributed by atoms with Crippen LogP contribution in [0, 0.1) is 13.8 Å². The summed E-state index contributed by atoms with van der Waals surface area (Å²) >= 11 is 0. The van der Waals surface area contributed by atoms with E-state index in [1.54, 1.807) is 7.11 Å². The lowest BCUT2D eigenvalue weighted by atomic mass is 9.84. The highest BCUT2D eigenvalue weighted by molar-refractivity contribution is 5.73. The maximum Gasteiger partial charge on any atom is 0.311 e. The first kappa shape index (κ1) is 18.5. The number of ether oxygens (including phenoxy) is 2. The van der Waals surface area contributed by atoms with Crippen molar-refractivity contribution in [3.05, 3.63) is 64.7 Å². The minimum atomic E-state index is -0.528. The highest BCUT2D eigenvalue weighted by atomic mass is 16.6. The number of hydrogen-bond acceptors (Lipinski definition) is 4. The van der Waals surface area contributed by atoms with Gasteiger partial charge in [0.2, 0.25) is 0 Å². The molecule has 2 aromatic carbocycles. The van der Waals surface area contributed by atoms with E-state index in [1.807, 2.05) is 44.2 Å². The Bertz CT molecular complexity index is 741. The van der Waals surface area contributed by atoms with E-state index in [-0.39, 0.29) is 12.4 Å². The van der Waals surface area contributed by atoms with Crippen LogP contribution in [0.1, 0.15) is 35.1 Å². The van der Waals surface area contributed by atoms with Crippen molar-refractivity contribution in [3.8, 4) is 5.75 Å². The maximum atomic E-state index is 12.8. The Hall–Kier alpha value is -2.33. The molecule has 0 amide bonds. The Morgan fingerprint density at radius 3 is 2.27 bits per heavy atom. The van der Waals surface area contributed by atoms with Gasteiger partial charge in [-0.3, -0.25) is 4.79 Å². The van der Waals surface area contributed by atoms with Gasteiger partial charge in [0.05, 0.1) is 13.5 Å². The van der Waals surface area contributed by atoms with Crippen LogP contribution in [0.15, 0.2) is 42.5 Å². The molecule has 0 unspecified atom stereocenters. The molecule has 4 heteroatoms. The third kappa shape index (κ3) is 3.91. The lowest BCUT2D eigenvalue weighted by Crippen LogP contribution is -2.43. The standard InChI is InChI=1S/C22H27NO3/c1-16-13-18(14-17(2)21(16)25-3)15-20(24)26-22(9-11-23-12-10-22)19-7-5-4-6-8-19/h4-8,13-14,23H,9-12,15H2,1-3H3. The van der Waals surface area contributed by atoms with Gasteiger partial charge in [0, 0.05) is 12.8 Å². The van der Waals surface area contributed by atoms with Gasteiger partial charge in [-0.1, -0.05) is 42.5 Å². The van der Waals surface area contributed by atoms with E-state index in [1.165, 1.54) is 0 Å². The first-order chi connectivity index (χ1) is 12.5. The molecular weight excluding hydrogens is 326 g/mol. The van der Waals surface area contributed by atoms with Crippen molar-refractivity contribution < 1.29 is 14.3 Å². The average molecular weight is 353 g/mol. The third-order valence-corrected chi connectivity index (χ3v) is 5.09. The smallest absolute Gasteiger partial charge is 0.311 e. The molecule has 1 saturated heterocycles. The molecule has 1 aliphatic heterocycles. The van der Waals surface area contributed by atoms with Crippen molar-refractivity contribution in [1.29, 1.82) is 0 Å². The van der Waals surface area contributed by atoms with Gasteiger partial charge in [-0.15, -0.1) is 0 Å². The van der Waals surface area contributed by atoms with Crippen molar-refractivity contribution in [1.82, 2.24) is 5.32 Å². The second-order valence-corrected chi connectivity index (χ2v) is 7.02. The van der Waals surface area contributed by atoms with Gasteiger partial charge in [-0.05, 0) is 49.2 Å². The van der Waals surface area contributed by atoms with Crippen molar-refractivity contribution in [2.45, 2.75) is 38.7 Å². The van der Waals surface area contributed by atoms with E-state index in [4.69, 9.17) is 9.47 Å². The summed E-state index contributed by atoms with van der Waals surface area (Å²) in [6, 6.07) is 14.1. The molecule has 0 spiro atoms. The quantitative estimate of drug-likeness (QED) is 0.833. The van der Waals surface area contributed by atoms with Crippen LogP contribution in [0.4, 0.5) is 0 Å². The Balaban J connectivity index is 1.79. The molecule has 1 aliphatic rings. The SMILES string of the molecule is COc1c(C)cc(CC(=O)OC2(c3ccccc3)CCNCC2)cc1C. The molecular formula is C22H27NO3. The fourth-order valence-corrected chi connectivity index (χ4v) is 3.91. The molecule has 2 aromatic rings. The van der Waals surface area contributed by atoms with E-state index in [0.29, 0.717) is 0 Å². The number of piperidine rings is 1. The molecule has 0 aromatic heterocycles. The van der Waals surface area contributed by atoms with E-state index in [9.17, 15) is 4.79 Å². The van der Waals surface area contributed by atoms with Crippen molar-refractivity contribution in [2.24, 2.45) is 0 Å². The van der Waals surface area contributed by atoms with Crippen LogP contribution >= 0.6 is 0 Å². The highest BCUT2D eigenvalue weighted by Gasteiger charge is 2.37. The molecule has 138 valence electrons. The van der Waals surface area contributed by atoms with Gasteiger partial charge in [0.15, 0.2) is 0 Å². The molecule has 1 fully saturated rings. The number of esters is 1. The normalized spacial score (nSPS) is 16.1. The van der Waals surface area contributed by atoms with E-state index >= 15 is 0 Å². The topological polar surface area (TPSA) is 47.6 Å². The largest absolute Gasteiger partial charge is 0.496 e. The number of rotatable bonds is 5. The Morgan fingerprint density at radius 2 is 1.69 bits per heavy atom. The second kappa shape index (κ2) is 7.92. The molecule has 1 N–H and O–H groups in total. The summed E-state index contributed by atoms with van der Waals surface area (Å²) in [5, 5.41) is 3.35. The van der Waals surface area contributed by atoms with Gasteiger partial charge in [0.25, 0.3) is 0 Å². The first-order valence-corrected chi connectivity index (χ1v) is 9.16. The molecule has 0 aliphatic carbocycles. The number of hydrogen-bond donors (Lipinski definition) is 1. The van der Waals surface area contributed by atoms with Crippen LogP contribution in [0.2, 0.25) is 0 Å². The monoisotopic (exact) mass is 353 g/mol. The number of nitrogens with one attached hydrogen (secondary N) is 1. The van der Waals surface area contributed by atoms with Crippen molar-refractivity contribution in [3.63, 3.8) is 0 Å². The molecule has 1 heterocycles. The summed E-state index contributed by atoms with van der Waals surface area (Å²) in [5.74, 6) is 0.695. The lowest BCUT2D eigenvalue weighted by Gasteiger charge is -2.37. The summed E-state index contributed by atoms with van der Waals surface area (Å²) in [5.41, 5.74) is 3.59. The molecule has 3 rings (SSSR count). The number of benzene rings is 2. The first-order valence-electron chi connectivity index (χ1n) is 9.16. The zero-order valence-corrected chi connectivity index (χ0v) is 15.8. The Labute approximate surface area is 155 Å². The average Bonchev–Trinajstić information content (AvgIpc) is 2.63. The van der Waals surface area contributed by atoms with Gasteiger partial charge in [-0.25, -0.2) is 0 Å². The maximum absolute atomic E-state index is 12.8. The van der Waals surface area contributed by atoms with Crippen LogP contribution in [-0.2, 0) is 21.6 Å². The fraction of sp³-hybridized carbons (Fsp3) is 0.409. The van der Waals surface area contributed by atoms with Crippen LogP contribution in [0.25, 0.3) is 0 Å². The van der Waals surface area contributed by atoms with Gasteiger partial charge < -0.3 is 14.8 Å². The van der Waals surface area contributed by atoms with Crippen LogP contribution in [-0.4, -0.2) is 26.2 Å². The predicted octanol–water partition coefficient (Wildman–Crippen LogP) is 3.68. The van der Waals surface area contributed by atoms with Crippen LogP contribution in [0.5, 0.6) is 5.75 Å². The van der Waals surface area contributed by atoms with Gasteiger partial charge >= 0.3 is 5.97 Å². The minimum absolute atomic E-state index is 0.181. The van der Waals surface area contributed by atoms with Gasteiger partial charge in [0.1, 0.15) is 11.4 Å². The van der Waals surface area contributed by atoms with E-state index in [2.05, 4.69) is 17.4 Å². The highest BCUT2D eigenvalue weighted by Crippen LogP contribution is 2.35. The van der Waals surface area contributed by atoms with Crippen molar-refractivity contribution in [2.75, 3.05) is 20.2 Å². The van der Waals surface area contributed by atoms with Crippen molar-refractivity contribution >= 4 is 5.97 Å². The summed E-state index contributed by atoms with van der Waals surface area (Å²) in [4.78, 5) is 12.8. The number of methoxy groups -OCH3 is 1. The molecule has 4 nitrogen and oxygen atoms in total. The second-order valence-electron chi connectivity index (χ2n) is 7.02. The summed E-state index contributed by atoms with van der Waals surface area (Å²) in [6.07, 6.45) is 1.86. The Kier molecular flexibility index (Phi) is 5.62. The lowest BCUT2D eigenvalue weighted by molar-refractivity contribution is -0.163. The predicted molar refractivity (Wildman–Crippen MR) is 102 cm³/mol.